The first-order chi connectivity index (χ1) is 13.3. The van der Waals surface area contributed by atoms with Gasteiger partial charge in [0.25, 0.3) is 0 Å². The maximum Gasteiger partial charge on any atom is 0.231 e. The fraction of sp³-hybridized carbons (Fsp3) is 0.0435. The minimum absolute atomic E-state index is 0.159. The lowest BCUT2D eigenvalue weighted by Gasteiger charge is -2.07. The Morgan fingerprint density at radius 1 is 0.926 bits per heavy atom. The lowest BCUT2D eigenvalue weighted by atomic mass is 10.0. The van der Waals surface area contributed by atoms with Crippen molar-refractivity contribution in [1.29, 1.82) is 0 Å². The maximum atomic E-state index is 13.2. The van der Waals surface area contributed by atoms with E-state index in [-0.39, 0.29) is 11.7 Å². The second-order valence-corrected chi connectivity index (χ2v) is 5.98. The van der Waals surface area contributed by atoms with E-state index >= 15 is 0 Å². The molecule has 0 amide bonds. The second-order valence-electron chi connectivity index (χ2n) is 5.98. The van der Waals surface area contributed by atoms with E-state index in [1.807, 2.05) is 66.7 Å². The van der Waals surface area contributed by atoms with Crippen LogP contribution in [0.1, 0.15) is 21.8 Å². The van der Waals surface area contributed by atoms with Crippen molar-refractivity contribution in [3.05, 3.63) is 95.9 Å². The van der Waals surface area contributed by atoms with E-state index < -0.39 is 0 Å². The molecule has 3 aromatic carbocycles. The number of ketones is 1. The van der Waals surface area contributed by atoms with Crippen LogP contribution in [0.3, 0.4) is 0 Å². The number of carbonyl (C=O) groups is 1. The molecule has 0 spiro atoms. The number of methoxy groups -OCH3 is 1. The Kier molecular flexibility index (Phi) is 4.54. The summed E-state index contributed by atoms with van der Waals surface area (Å²) < 4.78 is 11.3. The lowest BCUT2D eigenvalue weighted by molar-refractivity contribution is 0.105. The zero-order valence-corrected chi connectivity index (χ0v) is 14.8. The number of hydrogen-bond acceptors (Lipinski definition) is 4. The van der Waals surface area contributed by atoms with Crippen LogP contribution in [0.2, 0.25) is 0 Å². The summed E-state index contributed by atoms with van der Waals surface area (Å²) in [5, 5.41) is 0. The molecule has 0 aliphatic heterocycles. The molecule has 0 saturated carbocycles. The number of para-hydroxylation sites is 3. The molecule has 0 aliphatic carbocycles. The monoisotopic (exact) mass is 355 g/mol. The van der Waals surface area contributed by atoms with Crippen molar-refractivity contribution in [2.24, 2.45) is 0 Å². The molecule has 0 radical (unpaired) electrons. The summed E-state index contributed by atoms with van der Waals surface area (Å²) in [5.74, 6) is 0.802. The number of aromatic nitrogens is 1. The molecule has 4 heteroatoms. The summed E-state index contributed by atoms with van der Waals surface area (Å²) in [6, 6.07) is 24.1. The quantitative estimate of drug-likeness (QED) is 0.362. The Bertz CT molecular complexity index is 1090. The topological polar surface area (TPSA) is 52.3 Å². The van der Waals surface area contributed by atoms with Gasteiger partial charge in [-0.15, -0.1) is 0 Å². The van der Waals surface area contributed by atoms with Gasteiger partial charge >= 0.3 is 0 Å². The van der Waals surface area contributed by atoms with Crippen LogP contribution in [0.15, 0.2) is 83.3 Å². The van der Waals surface area contributed by atoms with E-state index in [0.717, 1.165) is 5.56 Å². The first-order valence-electron chi connectivity index (χ1n) is 8.56. The molecule has 4 rings (SSSR count). The van der Waals surface area contributed by atoms with E-state index in [2.05, 4.69) is 4.98 Å². The summed E-state index contributed by atoms with van der Waals surface area (Å²) in [6.07, 6.45) is 1.76. The van der Waals surface area contributed by atoms with E-state index in [0.29, 0.717) is 28.0 Å². The zero-order valence-electron chi connectivity index (χ0n) is 14.8. The highest BCUT2D eigenvalue weighted by Gasteiger charge is 2.20. The van der Waals surface area contributed by atoms with Crippen molar-refractivity contribution in [2.75, 3.05) is 7.11 Å². The number of allylic oxidation sites excluding steroid dienone is 1. The third-order valence-electron chi connectivity index (χ3n) is 4.24. The van der Waals surface area contributed by atoms with Crippen LogP contribution in [0.4, 0.5) is 0 Å². The van der Waals surface area contributed by atoms with Crippen molar-refractivity contribution < 1.29 is 13.9 Å². The molecule has 27 heavy (non-hydrogen) atoms. The van der Waals surface area contributed by atoms with Crippen LogP contribution >= 0.6 is 0 Å². The molecule has 132 valence electrons. The van der Waals surface area contributed by atoms with Gasteiger partial charge in [0.15, 0.2) is 11.4 Å². The Balaban J connectivity index is 1.89. The number of ether oxygens (including phenoxy) is 1. The first-order valence-corrected chi connectivity index (χ1v) is 8.56. The van der Waals surface area contributed by atoms with Crippen LogP contribution in [0, 0.1) is 0 Å². The Morgan fingerprint density at radius 2 is 1.63 bits per heavy atom. The van der Waals surface area contributed by atoms with Gasteiger partial charge in [-0.3, -0.25) is 4.79 Å². The number of hydrogen-bond donors (Lipinski definition) is 0. The summed E-state index contributed by atoms with van der Waals surface area (Å²) in [6.45, 7) is 0. The average Bonchev–Trinajstić information content (AvgIpc) is 3.16. The van der Waals surface area contributed by atoms with Crippen molar-refractivity contribution >= 4 is 28.5 Å². The normalized spacial score (nSPS) is 11.5. The Hall–Kier alpha value is -3.66. The highest BCUT2D eigenvalue weighted by Crippen LogP contribution is 2.28. The largest absolute Gasteiger partial charge is 0.496 e. The standard InChI is InChI=1S/C23H17NO3/c1-26-20-13-7-5-11-17(20)15-18(22(25)16-9-3-2-4-10-16)23-24-19-12-6-8-14-21(19)27-23/h2-15H,1H3. The molecule has 0 unspecified atom stereocenters. The predicted molar refractivity (Wildman–Crippen MR) is 106 cm³/mol. The molecule has 4 nitrogen and oxygen atoms in total. The molecule has 4 aromatic rings. The van der Waals surface area contributed by atoms with Crippen LogP contribution in [0.5, 0.6) is 5.75 Å². The van der Waals surface area contributed by atoms with Crippen LogP contribution < -0.4 is 4.74 Å². The summed E-state index contributed by atoms with van der Waals surface area (Å²) in [4.78, 5) is 17.7. The Labute approximate surface area is 156 Å². The van der Waals surface area contributed by atoms with Gasteiger partial charge in [0.1, 0.15) is 11.3 Å². The van der Waals surface area contributed by atoms with Gasteiger partial charge in [-0.05, 0) is 24.3 Å². The first kappa shape index (κ1) is 16.8. The van der Waals surface area contributed by atoms with E-state index in [4.69, 9.17) is 9.15 Å². The van der Waals surface area contributed by atoms with Crippen molar-refractivity contribution in [3.63, 3.8) is 0 Å². The highest BCUT2D eigenvalue weighted by atomic mass is 16.5. The van der Waals surface area contributed by atoms with Gasteiger partial charge in [-0.2, -0.15) is 0 Å². The second kappa shape index (κ2) is 7.30. The van der Waals surface area contributed by atoms with Crippen LogP contribution in [-0.4, -0.2) is 17.9 Å². The molecule has 0 aliphatic rings. The van der Waals surface area contributed by atoms with Crippen molar-refractivity contribution in [3.8, 4) is 5.75 Å². The lowest BCUT2D eigenvalue weighted by Crippen LogP contribution is -2.03. The summed E-state index contributed by atoms with van der Waals surface area (Å²) in [7, 11) is 1.60. The summed E-state index contributed by atoms with van der Waals surface area (Å²) in [5.41, 5.74) is 3.07. The van der Waals surface area contributed by atoms with Gasteiger partial charge in [-0.25, -0.2) is 4.98 Å². The fourth-order valence-corrected chi connectivity index (χ4v) is 2.90. The number of nitrogens with zero attached hydrogens (tertiary/aromatic N) is 1. The minimum Gasteiger partial charge on any atom is -0.496 e. The van der Waals surface area contributed by atoms with E-state index in [1.54, 1.807) is 25.3 Å². The fourth-order valence-electron chi connectivity index (χ4n) is 2.90. The van der Waals surface area contributed by atoms with Crippen molar-refractivity contribution in [1.82, 2.24) is 4.98 Å². The zero-order chi connectivity index (χ0) is 18.6. The van der Waals surface area contributed by atoms with Gasteiger partial charge in [0, 0.05) is 11.1 Å². The smallest absolute Gasteiger partial charge is 0.231 e. The highest BCUT2D eigenvalue weighted by molar-refractivity contribution is 6.31. The predicted octanol–water partition coefficient (Wildman–Crippen LogP) is 5.26. The van der Waals surface area contributed by atoms with Gasteiger partial charge in [0.05, 0.1) is 12.7 Å². The SMILES string of the molecule is COc1ccccc1C=C(C(=O)c1ccccc1)c1nc2ccccc2o1. The molecule has 1 heterocycles. The average molecular weight is 355 g/mol. The van der Waals surface area contributed by atoms with Gasteiger partial charge in [-0.1, -0.05) is 60.7 Å². The molecule has 0 fully saturated rings. The molecule has 0 atom stereocenters. The molecule has 0 bridgehead atoms. The maximum absolute atomic E-state index is 13.2. The number of fused-ring (bicyclic) bond motifs is 1. The van der Waals surface area contributed by atoms with Crippen LogP contribution in [0.25, 0.3) is 22.7 Å². The number of benzene rings is 3. The van der Waals surface area contributed by atoms with E-state index in [9.17, 15) is 4.79 Å². The number of Topliss-reactive ketones (excluding diaryl/α,β-unsaturated/α-hetero) is 1. The Morgan fingerprint density at radius 3 is 2.41 bits per heavy atom. The molecular weight excluding hydrogens is 338 g/mol. The molecule has 0 saturated heterocycles. The third kappa shape index (κ3) is 3.37. The molecular formula is C23H17NO3. The third-order valence-corrected chi connectivity index (χ3v) is 4.24. The summed E-state index contributed by atoms with van der Waals surface area (Å²) >= 11 is 0. The van der Waals surface area contributed by atoms with Gasteiger partial charge < -0.3 is 9.15 Å². The number of carbonyl (C=O) groups excluding carboxylic acids is 1. The van der Waals surface area contributed by atoms with Crippen molar-refractivity contribution in [2.45, 2.75) is 0 Å². The number of oxazole rings is 1. The van der Waals surface area contributed by atoms with E-state index in [1.165, 1.54) is 0 Å². The molecule has 0 N–H and O–H groups in total. The molecule has 1 aromatic heterocycles. The minimum atomic E-state index is -0.159. The van der Waals surface area contributed by atoms with Crippen LogP contribution in [-0.2, 0) is 0 Å². The van der Waals surface area contributed by atoms with Gasteiger partial charge in [0.2, 0.25) is 5.89 Å². The number of rotatable bonds is 5.